The van der Waals surface area contributed by atoms with E-state index in [0.717, 1.165) is 24.3 Å². The van der Waals surface area contributed by atoms with Crippen molar-refractivity contribution in [3.8, 4) is 0 Å². The standard InChI is InChI=1S/C13H19NO2/c1-14-12(15)11-5-3-4-8-13(11,16-2)9-10-6-7-10/h3-5,10H,6-9H2,1-2H3,(H,14,15). The minimum absolute atomic E-state index is 0.0214. The quantitative estimate of drug-likeness (QED) is 0.786. The number of allylic oxidation sites excluding steroid dienone is 2. The lowest BCUT2D eigenvalue weighted by Crippen LogP contribution is -2.41. The van der Waals surface area contributed by atoms with Crippen LogP contribution >= 0.6 is 0 Å². The molecule has 2 rings (SSSR count). The van der Waals surface area contributed by atoms with Gasteiger partial charge >= 0.3 is 0 Å². The molecule has 3 heteroatoms. The van der Waals surface area contributed by atoms with Crippen molar-refractivity contribution in [2.45, 2.75) is 31.3 Å². The molecule has 0 spiro atoms. The number of methoxy groups -OCH3 is 1. The maximum Gasteiger partial charge on any atom is 0.249 e. The minimum atomic E-state index is -0.393. The Morgan fingerprint density at radius 2 is 2.38 bits per heavy atom. The molecule has 1 saturated carbocycles. The van der Waals surface area contributed by atoms with E-state index in [9.17, 15) is 4.79 Å². The fourth-order valence-electron chi connectivity index (χ4n) is 2.36. The smallest absolute Gasteiger partial charge is 0.249 e. The van der Waals surface area contributed by atoms with Crippen molar-refractivity contribution in [1.82, 2.24) is 5.32 Å². The SMILES string of the molecule is CNC(=O)C1=CC=CCC1(CC1CC1)OC. The predicted octanol–water partition coefficient (Wildman–Crippen LogP) is 1.80. The average molecular weight is 221 g/mol. The molecule has 0 aromatic heterocycles. The van der Waals surface area contributed by atoms with Gasteiger partial charge in [-0.2, -0.15) is 0 Å². The molecule has 0 saturated heterocycles. The van der Waals surface area contributed by atoms with Gasteiger partial charge < -0.3 is 10.1 Å². The highest BCUT2D eigenvalue weighted by Gasteiger charge is 2.42. The van der Waals surface area contributed by atoms with Crippen molar-refractivity contribution in [2.24, 2.45) is 5.92 Å². The number of nitrogens with one attached hydrogen (secondary N) is 1. The molecule has 0 aromatic carbocycles. The number of hydrogen-bond acceptors (Lipinski definition) is 2. The second-order valence-electron chi connectivity index (χ2n) is 4.64. The third-order valence-corrected chi connectivity index (χ3v) is 3.52. The highest BCUT2D eigenvalue weighted by Crippen LogP contribution is 2.43. The van der Waals surface area contributed by atoms with Gasteiger partial charge in [0.05, 0.1) is 0 Å². The molecule has 16 heavy (non-hydrogen) atoms. The van der Waals surface area contributed by atoms with Gasteiger partial charge in [-0.25, -0.2) is 0 Å². The Hall–Kier alpha value is -1.09. The van der Waals surface area contributed by atoms with Gasteiger partial charge in [0, 0.05) is 19.7 Å². The normalized spacial score (nSPS) is 28.8. The van der Waals surface area contributed by atoms with Gasteiger partial charge in [0.2, 0.25) is 5.91 Å². The van der Waals surface area contributed by atoms with Crippen LogP contribution in [0.1, 0.15) is 25.7 Å². The molecule has 1 fully saturated rings. The number of hydrogen-bond donors (Lipinski definition) is 1. The highest BCUT2D eigenvalue weighted by molar-refractivity contribution is 5.95. The first kappa shape index (κ1) is 11.4. The Balaban J connectivity index is 2.23. The highest BCUT2D eigenvalue weighted by atomic mass is 16.5. The Morgan fingerprint density at radius 3 is 2.94 bits per heavy atom. The first-order valence-corrected chi connectivity index (χ1v) is 5.86. The first-order valence-electron chi connectivity index (χ1n) is 5.86. The fraction of sp³-hybridized carbons (Fsp3) is 0.615. The van der Waals surface area contributed by atoms with Crippen LogP contribution in [0.4, 0.5) is 0 Å². The van der Waals surface area contributed by atoms with Crippen LogP contribution in [0.15, 0.2) is 23.8 Å². The summed E-state index contributed by atoms with van der Waals surface area (Å²) in [6.07, 6.45) is 10.2. The van der Waals surface area contributed by atoms with E-state index in [-0.39, 0.29) is 5.91 Å². The Labute approximate surface area is 96.6 Å². The second kappa shape index (κ2) is 4.42. The Kier molecular flexibility index (Phi) is 3.15. The zero-order chi connectivity index (χ0) is 11.6. The van der Waals surface area contributed by atoms with Crippen molar-refractivity contribution in [3.05, 3.63) is 23.8 Å². The summed E-state index contributed by atoms with van der Waals surface area (Å²) in [6, 6.07) is 0. The molecule has 0 aliphatic heterocycles. The lowest BCUT2D eigenvalue weighted by atomic mass is 9.81. The summed E-state index contributed by atoms with van der Waals surface area (Å²) < 4.78 is 5.68. The molecular formula is C13H19NO2. The molecule has 2 aliphatic carbocycles. The Morgan fingerprint density at radius 1 is 1.62 bits per heavy atom. The van der Waals surface area contributed by atoms with Crippen molar-refractivity contribution in [1.29, 1.82) is 0 Å². The third kappa shape index (κ3) is 2.05. The van der Waals surface area contributed by atoms with E-state index < -0.39 is 5.60 Å². The van der Waals surface area contributed by atoms with Crippen LogP contribution < -0.4 is 5.32 Å². The lowest BCUT2D eigenvalue weighted by molar-refractivity contribution is -0.120. The summed E-state index contributed by atoms with van der Waals surface area (Å²) in [7, 11) is 3.37. The van der Waals surface area contributed by atoms with Crippen LogP contribution in [0.5, 0.6) is 0 Å². The van der Waals surface area contributed by atoms with Crippen LogP contribution in [0.3, 0.4) is 0 Å². The molecule has 0 aromatic rings. The van der Waals surface area contributed by atoms with Crippen molar-refractivity contribution in [3.63, 3.8) is 0 Å². The number of rotatable bonds is 4. The Bertz CT molecular complexity index is 342. The van der Waals surface area contributed by atoms with E-state index in [0.29, 0.717) is 0 Å². The van der Waals surface area contributed by atoms with Gasteiger partial charge in [-0.3, -0.25) is 4.79 Å². The molecule has 88 valence electrons. The van der Waals surface area contributed by atoms with E-state index in [1.54, 1.807) is 14.2 Å². The van der Waals surface area contributed by atoms with Crippen molar-refractivity contribution in [2.75, 3.05) is 14.2 Å². The van der Waals surface area contributed by atoms with Gasteiger partial charge in [-0.1, -0.05) is 31.1 Å². The van der Waals surface area contributed by atoms with Crippen molar-refractivity contribution >= 4 is 5.91 Å². The molecule has 0 bridgehead atoms. The predicted molar refractivity (Wildman–Crippen MR) is 63.0 cm³/mol. The molecule has 1 unspecified atom stereocenters. The van der Waals surface area contributed by atoms with Gasteiger partial charge in [0.15, 0.2) is 0 Å². The fourth-order valence-corrected chi connectivity index (χ4v) is 2.36. The zero-order valence-corrected chi connectivity index (χ0v) is 9.95. The van der Waals surface area contributed by atoms with Crippen LogP contribution in [-0.4, -0.2) is 25.7 Å². The molecule has 1 amide bonds. The van der Waals surface area contributed by atoms with Gasteiger partial charge in [-0.15, -0.1) is 0 Å². The number of carbonyl (C=O) groups excluding carboxylic acids is 1. The van der Waals surface area contributed by atoms with E-state index in [1.165, 1.54) is 12.8 Å². The molecule has 1 N–H and O–H groups in total. The maximum atomic E-state index is 11.8. The number of carbonyl (C=O) groups is 1. The van der Waals surface area contributed by atoms with Crippen LogP contribution in [-0.2, 0) is 9.53 Å². The second-order valence-corrected chi connectivity index (χ2v) is 4.64. The van der Waals surface area contributed by atoms with Crippen molar-refractivity contribution < 1.29 is 9.53 Å². The number of ether oxygens (including phenoxy) is 1. The van der Waals surface area contributed by atoms with Crippen LogP contribution in [0, 0.1) is 5.92 Å². The maximum absolute atomic E-state index is 11.8. The third-order valence-electron chi connectivity index (χ3n) is 3.52. The summed E-state index contributed by atoms with van der Waals surface area (Å²) >= 11 is 0. The summed E-state index contributed by atoms with van der Waals surface area (Å²) in [5, 5.41) is 2.70. The topological polar surface area (TPSA) is 38.3 Å². The zero-order valence-electron chi connectivity index (χ0n) is 9.95. The van der Waals surface area contributed by atoms with E-state index in [1.807, 2.05) is 12.2 Å². The summed E-state index contributed by atoms with van der Waals surface area (Å²) in [6.45, 7) is 0. The molecule has 0 heterocycles. The van der Waals surface area contributed by atoms with E-state index in [2.05, 4.69) is 11.4 Å². The number of likely N-dealkylation sites (N-methyl/N-ethyl adjacent to an activating group) is 1. The number of amides is 1. The van der Waals surface area contributed by atoms with Gasteiger partial charge in [-0.05, 0) is 18.8 Å². The monoisotopic (exact) mass is 221 g/mol. The first-order chi connectivity index (χ1) is 7.72. The van der Waals surface area contributed by atoms with Crippen LogP contribution in [0.25, 0.3) is 0 Å². The lowest BCUT2D eigenvalue weighted by Gasteiger charge is -2.35. The minimum Gasteiger partial charge on any atom is -0.373 e. The van der Waals surface area contributed by atoms with E-state index in [4.69, 9.17) is 4.74 Å². The summed E-state index contributed by atoms with van der Waals surface area (Å²) in [5.41, 5.74) is 0.377. The molecule has 3 nitrogen and oxygen atoms in total. The molecule has 2 aliphatic rings. The molecular weight excluding hydrogens is 202 g/mol. The molecule has 0 radical (unpaired) electrons. The van der Waals surface area contributed by atoms with Gasteiger partial charge in [0.1, 0.15) is 5.60 Å². The van der Waals surface area contributed by atoms with Gasteiger partial charge in [0.25, 0.3) is 0 Å². The van der Waals surface area contributed by atoms with E-state index >= 15 is 0 Å². The largest absolute Gasteiger partial charge is 0.373 e. The summed E-state index contributed by atoms with van der Waals surface area (Å²) in [5.74, 6) is 0.714. The molecule has 1 atom stereocenters. The van der Waals surface area contributed by atoms with Crippen LogP contribution in [0.2, 0.25) is 0 Å². The average Bonchev–Trinajstić information content (AvgIpc) is 3.12. The summed E-state index contributed by atoms with van der Waals surface area (Å²) in [4.78, 5) is 11.8.